The van der Waals surface area contributed by atoms with Gasteiger partial charge in [0.2, 0.25) is 18.6 Å². The van der Waals surface area contributed by atoms with Gasteiger partial charge < -0.3 is 24.8 Å². The number of benzene rings is 1. The Morgan fingerprint density at radius 3 is 2.62 bits per heavy atom. The van der Waals surface area contributed by atoms with Gasteiger partial charge in [-0.25, -0.2) is 0 Å². The lowest BCUT2D eigenvalue weighted by Gasteiger charge is -2.60. The van der Waals surface area contributed by atoms with Crippen molar-refractivity contribution in [2.24, 2.45) is 52.3 Å². The van der Waals surface area contributed by atoms with Crippen LogP contribution in [0.5, 0.6) is 11.5 Å². The van der Waals surface area contributed by atoms with Gasteiger partial charge in [-0.1, -0.05) is 33.8 Å². The van der Waals surface area contributed by atoms with Crippen LogP contribution in [-0.2, 0) is 25.5 Å². The van der Waals surface area contributed by atoms with E-state index >= 15 is 0 Å². The first-order valence-electron chi connectivity index (χ1n) is 18.9. The lowest BCUT2D eigenvalue weighted by molar-refractivity contribution is -0.160. The highest BCUT2D eigenvalue weighted by Crippen LogP contribution is 2.70. The zero-order valence-corrected chi connectivity index (χ0v) is 29.3. The molecule has 0 radical (unpaired) electrons. The van der Waals surface area contributed by atoms with Gasteiger partial charge in [0.25, 0.3) is 0 Å². The highest BCUT2D eigenvalue weighted by atomic mass is 16.7. The first kappa shape index (κ1) is 32.5. The Kier molecular flexibility index (Phi) is 8.13. The van der Waals surface area contributed by atoms with Crippen LogP contribution in [-0.4, -0.2) is 55.4 Å². The second-order valence-electron chi connectivity index (χ2n) is 17.2. The van der Waals surface area contributed by atoms with Crippen LogP contribution >= 0.6 is 0 Å². The zero-order valence-electron chi connectivity index (χ0n) is 29.3. The van der Waals surface area contributed by atoms with Crippen LogP contribution in [0.4, 0.5) is 0 Å². The van der Waals surface area contributed by atoms with Gasteiger partial charge in [-0.15, -0.1) is 0 Å². The number of carbonyl (C=O) groups is 3. The van der Waals surface area contributed by atoms with Crippen molar-refractivity contribution in [3.8, 4) is 11.5 Å². The summed E-state index contributed by atoms with van der Waals surface area (Å²) in [4.78, 5) is 39.9. The van der Waals surface area contributed by atoms with Gasteiger partial charge in [0.1, 0.15) is 17.9 Å². The average Bonchev–Trinajstić information content (AvgIpc) is 3.72. The highest BCUT2D eigenvalue weighted by Gasteiger charge is 2.71. The summed E-state index contributed by atoms with van der Waals surface area (Å²) < 4.78 is 17.8. The maximum absolute atomic E-state index is 14.4. The van der Waals surface area contributed by atoms with Crippen LogP contribution in [0.25, 0.3) is 0 Å². The zero-order chi connectivity index (χ0) is 33.4. The quantitative estimate of drug-likeness (QED) is 0.362. The second kappa shape index (κ2) is 12.0. The Bertz CT molecular complexity index is 1460. The number of nitrogens with one attached hydrogen (secondary N) is 3. The number of carbonyl (C=O) groups excluding carboxylic acids is 3. The van der Waals surface area contributed by atoms with Crippen molar-refractivity contribution in [1.29, 1.82) is 0 Å². The topological polar surface area (TPSA) is 115 Å². The summed E-state index contributed by atoms with van der Waals surface area (Å²) in [5.74, 6) is 4.69. The summed E-state index contributed by atoms with van der Waals surface area (Å²) in [7, 11) is 0. The molecule has 262 valence electrons. The van der Waals surface area contributed by atoms with Gasteiger partial charge in [0, 0.05) is 42.8 Å². The van der Waals surface area contributed by atoms with Gasteiger partial charge in [-0.2, -0.15) is 0 Å². The van der Waals surface area contributed by atoms with E-state index in [1.807, 2.05) is 18.2 Å². The predicted molar refractivity (Wildman–Crippen MR) is 180 cm³/mol. The molecule has 2 amide bonds. The number of ether oxygens (including phenoxy) is 3. The molecule has 9 heteroatoms. The van der Waals surface area contributed by atoms with Crippen LogP contribution in [0.1, 0.15) is 97.5 Å². The predicted octanol–water partition coefficient (Wildman–Crippen LogP) is 5.15. The average molecular weight is 662 g/mol. The van der Waals surface area contributed by atoms with Gasteiger partial charge in [-0.05, 0) is 110 Å². The third-order valence-corrected chi connectivity index (χ3v) is 14.9. The number of hydrogen-bond donors (Lipinski definition) is 3. The minimum Gasteiger partial charge on any atom is -0.454 e. The fraction of sp³-hybridized carbons (Fsp3) is 0.769. The molecule has 4 aliphatic carbocycles. The van der Waals surface area contributed by atoms with Gasteiger partial charge in [0.15, 0.2) is 11.5 Å². The number of Topliss-reactive ketones (excluding diaryl/α,β-unsaturated/α-hetero) is 1. The SMILES string of the molecule is C[C@@H]1CC[C@@]2(NC1)O[C@H]1C[C@H]3[C@@H]4CC[C@H]5C[C@H](NC(=O)CC(=O)NCCc6ccc7c(c6)OCO7)CC[C@]5(C)[C@H]4CC(=O)[C@]3(C)[C@H]1[C@@H]2C. The van der Waals surface area contributed by atoms with Crippen molar-refractivity contribution in [1.82, 2.24) is 16.0 Å². The van der Waals surface area contributed by atoms with Crippen molar-refractivity contribution in [3.63, 3.8) is 0 Å². The largest absolute Gasteiger partial charge is 0.454 e. The van der Waals surface area contributed by atoms with Crippen LogP contribution in [0.2, 0.25) is 0 Å². The van der Waals surface area contributed by atoms with Crippen molar-refractivity contribution in [2.45, 2.75) is 116 Å². The molecule has 9 nitrogen and oxygen atoms in total. The molecule has 1 aromatic rings. The Morgan fingerprint density at radius 1 is 0.979 bits per heavy atom. The number of rotatable bonds is 6. The molecule has 3 heterocycles. The molecule has 1 spiro atoms. The lowest BCUT2D eigenvalue weighted by atomic mass is 9.44. The van der Waals surface area contributed by atoms with Gasteiger partial charge in [0.05, 0.1) is 6.10 Å². The smallest absolute Gasteiger partial charge is 0.231 e. The molecule has 1 aromatic carbocycles. The summed E-state index contributed by atoms with van der Waals surface area (Å²) in [6.07, 6.45) is 9.81. The minimum absolute atomic E-state index is 0.0834. The summed E-state index contributed by atoms with van der Waals surface area (Å²) in [6.45, 7) is 11.1. The third-order valence-electron chi connectivity index (χ3n) is 14.9. The fourth-order valence-corrected chi connectivity index (χ4v) is 12.2. The standard InChI is InChI=1S/C39H55N3O6/c1-22-9-13-39(41-20-22)23(2)36-32(48-39)17-29-27-7-6-25-16-26(10-12-37(25,3)28(27)18-33(43)38(29,36)4)42-35(45)19-34(44)40-14-11-24-5-8-30-31(15-24)47-21-46-30/h5,8,15,22-23,25-29,32,36,41H,6-7,9-14,16-21H2,1-4H3,(H,40,44)(H,42,45)/t22-,23+,25+,26-,27-,28+,29+,32+,36+,37+,38-,39-/m1/s1. The van der Waals surface area contributed by atoms with E-state index in [-0.39, 0.29) is 53.7 Å². The first-order valence-corrected chi connectivity index (χ1v) is 18.9. The molecule has 4 saturated carbocycles. The Hall–Kier alpha value is -2.65. The molecular formula is C39H55N3O6. The van der Waals surface area contributed by atoms with Crippen LogP contribution in [0.3, 0.4) is 0 Å². The monoisotopic (exact) mass is 661 g/mol. The van der Waals surface area contributed by atoms with Gasteiger partial charge >= 0.3 is 0 Å². The van der Waals surface area contributed by atoms with Gasteiger partial charge in [-0.3, -0.25) is 19.7 Å². The number of fused-ring (bicyclic) bond motifs is 8. The molecular weight excluding hydrogens is 606 g/mol. The fourth-order valence-electron chi connectivity index (χ4n) is 12.2. The van der Waals surface area contributed by atoms with E-state index in [0.29, 0.717) is 66.6 Å². The maximum atomic E-state index is 14.4. The number of ketones is 1. The normalized spacial score (nSPS) is 44.0. The van der Waals surface area contributed by atoms with E-state index in [1.165, 1.54) is 12.8 Å². The summed E-state index contributed by atoms with van der Waals surface area (Å²) >= 11 is 0. The first-order chi connectivity index (χ1) is 23.0. The van der Waals surface area contributed by atoms with Crippen molar-refractivity contribution < 1.29 is 28.6 Å². The molecule has 2 saturated heterocycles. The number of amides is 2. The summed E-state index contributed by atoms with van der Waals surface area (Å²) in [5, 5.41) is 9.90. The minimum atomic E-state index is -0.293. The van der Waals surface area contributed by atoms with E-state index < -0.39 is 0 Å². The molecule has 3 aliphatic heterocycles. The van der Waals surface area contributed by atoms with Crippen molar-refractivity contribution in [2.75, 3.05) is 19.9 Å². The van der Waals surface area contributed by atoms with Crippen LogP contribution in [0, 0.1) is 52.3 Å². The number of piperidine rings is 1. The van der Waals surface area contributed by atoms with Crippen LogP contribution in [0.15, 0.2) is 18.2 Å². The van der Waals surface area contributed by atoms with E-state index in [1.54, 1.807) is 0 Å². The molecule has 12 atom stereocenters. The highest BCUT2D eigenvalue weighted by molar-refractivity contribution is 5.97. The molecule has 48 heavy (non-hydrogen) atoms. The molecule has 0 aromatic heterocycles. The van der Waals surface area contributed by atoms with E-state index in [9.17, 15) is 14.4 Å². The lowest BCUT2D eigenvalue weighted by Crippen LogP contribution is -2.60. The maximum Gasteiger partial charge on any atom is 0.231 e. The van der Waals surface area contributed by atoms with E-state index in [2.05, 4.69) is 43.6 Å². The Labute approximate surface area is 285 Å². The van der Waals surface area contributed by atoms with Crippen molar-refractivity contribution in [3.05, 3.63) is 23.8 Å². The van der Waals surface area contributed by atoms with E-state index in [4.69, 9.17) is 14.2 Å². The Morgan fingerprint density at radius 2 is 1.81 bits per heavy atom. The number of hydrogen-bond acceptors (Lipinski definition) is 7. The molecule has 0 bridgehead atoms. The Balaban J connectivity index is 0.851. The molecule has 3 N–H and O–H groups in total. The molecule has 6 fully saturated rings. The van der Waals surface area contributed by atoms with Crippen molar-refractivity contribution >= 4 is 17.6 Å². The second-order valence-corrected chi connectivity index (χ2v) is 17.2. The van der Waals surface area contributed by atoms with E-state index in [0.717, 1.165) is 62.1 Å². The molecule has 8 rings (SSSR count). The summed E-state index contributed by atoms with van der Waals surface area (Å²) in [5.41, 5.74) is 0.610. The van der Waals surface area contributed by atoms with Crippen LogP contribution < -0.4 is 25.4 Å². The molecule has 7 aliphatic rings. The molecule has 0 unspecified atom stereocenters. The third kappa shape index (κ3) is 5.19. The summed E-state index contributed by atoms with van der Waals surface area (Å²) in [6, 6.07) is 5.87.